The number of hydrogen-bond acceptors (Lipinski definition) is 2. The van der Waals surface area contributed by atoms with Gasteiger partial charge in [0.25, 0.3) is 0 Å². The fraction of sp³-hybridized carbons (Fsp3) is 0.125. The van der Waals surface area contributed by atoms with Gasteiger partial charge in [-0.05, 0) is 82.1 Å². The molecule has 0 radical (unpaired) electrons. The van der Waals surface area contributed by atoms with Crippen LogP contribution in [0.25, 0.3) is 33.2 Å². The Hall–Kier alpha value is -4.61. The van der Waals surface area contributed by atoms with Gasteiger partial charge < -0.3 is 11.5 Å². The van der Waals surface area contributed by atoms with Crippen LogP contribution in [0.4, 0.5) is 0 Å². The van der Waals surface area contributed by atoms with Gasteiger partial charge in [-0.2, -0.15) is 0 Å². The zero-order valence-electron chi connectivity index (χ0n) is 25.2. The molecule has 0 bridgehead atoms. The van der Waals surface area contributed by atoms with Crippen molar-refractivity contribution in [2.45, 2.75) is 33.1 Å². The second-order valence-corrected chi connectivity index (χ2v) is 14.3. The lowest BCUT2D eigenvalue weighted by Crippen LogP contribution is -2.14. The zero-order valence-corrected chi connectivity index (χ0v) is 26.1. The Morgan fingerprint density at radius 3 is 1.84 bits per heavy atom. The molecule has 1 aliphatic carbocycles. The van der Waals surface area contributed by atoms with Crippen molar-refractivity contribution in [3.05, 3.63) is 161 Å². The summed E-state index contributed by atoms with van der Waals surface area (Å²) in [5.74, 6) is 0. The second-order valence-electron chi connectivity index (χ2n) is 12.1. The number of hydrogen-bond donors (Lipinski definition) is 2. The number of benzene rings is 5. The summed E-state index contributed by atoms with van der Waals surface area (Å²) in [6.07, 6.45) is 4.51. The Labute approximate surface area is 256 Å². The molecule has 0 saturated heterocycles. The summed E-state index contributed by atoms with van der Waals surface area (Å²) >= 11 is 0. The molecular weight excluding hydrogens is 539 g/mol. The van der Waals surface area contributed by atoms with Crippen molar-refractivity contribution in [2.24, 2.45) is 11.5 Å². The Bertz CT molecular complexity index is 1910. The summed E-state index contributed by atoms with van der Waals surface area (Å²) in [7, 11) is -0.707. The molecule has 0 aliphatic heterocycles. The standard InChI is InChI=1S/C40H37N2P/c1-27(41)39(42)37-24-23-33(35-17-11-12-18-36(35)37)29-20-22-34(38(26-29)40(2,3)4)28-19-21-32(25-28)43(30-13-7-5-8-14-30)31-15-9-6-10-16-31/h5-24,26H,41-42H2,1-4H3/b39-27-. The third kappa shape index (κ3) is 5.61. The Morgan fingerprint density at radius 1 is 0.651 bits per heavy atom. The maximum Gasteiger partial charge on any atom is 0.0581 e. The number of nitrogens with two attached hydrogens (primary N) is 2. The lowest BCUT2D eigenvalue weighted by molar-refractivity contribution is 0.589. The maximum atomic E-state index is 6.41. The minimum atomic E-state index is -0.707. The highest BCUT2D eigenvalue weighted by Gasteiger charge is 2.24. The molecule has 0 heterocycles. The van der Waals surface area contributed by atoms with Crippen LogP contribution in [-0.2, 0) is 5.41 Å². The highest BCUT2D eigenvalue weighted by atomic mass is 31.1. The van der Waals surface area contributed by atoms with Crippen molar-refractivity contribution >= 4 is 40.6 Å². The molecule has 1 aliphatic rings. The fourth-order valence-electron chi connectivity index (χ4n) is 5.82. The van der Waals surface area contributed by atoms with E-state index in [1.54, 1.807) is 0 Å². The minimum absolute atomic E-state index is 0.0697. The van der Waals surface area contributed by atoms with Crippen LogP contribution in [0.2, 0.25) is 0 Å². The van der Waals surface area contributed by atoms with Crippen LogP contribution in [-0.4, -0.2) is 0 Å². The average Bonchev–Trinajstić information content (AvgIpc) is 3.50. The fourth-order valence-corrected chi connectivity index (χ4v) is 8.07. The quantitative estimate of drug-likeness (QED) is 0.157. The van der Waals surface area contributed by atoms with E-state index in [0.29, 0.717) is 11.4 Å². The predicted molar refractivity (Wildman–Crippen MR) is 188 cm³/mol. The lowest BCUT2D eigenvalue weighted by Gasteiger charge is -2.24. The first-order valence-corrected chi connectivity index (χ1v) is 16.0. The summed E-state index contributed by atoms with van der Waals surface area (Å²) < 4.78 is 0. The second kappa shape index (κ2) is 11.6. The van der Waals surface area contributed by atoms with Gasteiger partial charge >= 0.3 is 0 Å². The van der Waals surface area contributed by atoms with E-state index >= 15 is 0 Å². The molecule has 5 aromatic carbocycles. The summed E-state index contributed by atoms with van der Waals surface area (Å²) in [5, 5.41) is 6.18. The molecule has 5 aromatic rings. The van der Waals surface area contributed by atoms with Gasteiger partial charge in [-0.3, -0.25) is 0 Å². The van der Waals surface area contributed by atoms with Gasteiger partial charge in [0.15, 0.2) is 0 Å². The molecule has 0 amide bonds. The van der Waals surface area contributed by atoms with E-state index < -0.39 is 7.92 Å². The Kier molecular flexibility index (Phi) is 7.68. The van der Waals surface area contributed by atoms with E-state index in [1.165, 1.54) is 38.2 Å². The first-order chi connectivity index (χ1) is 20.7. The van der Waals surface area contributed by atoms with Gasteiger partial charge in [0.05, 0.1) is 5.70 Å². The third-order valence-electron chi connectivity index (χ3n) is 8.01. The SMILES string of the molecule is C/C(N)=C(/N)c1ccc(-c2ccc(C3=C=C(P(c4ccccc4)c4ccccc4)C=C3)c(C(C)(C)C)c2)c2ccccc12. The predicted octanol–water partition coefficient (Wildman–Crippen LogP) is 8.98. The molecular formula is C40H37N2P. The first kappa shape index (κ1) is 28.5. The molecule has 2 nitrogen and oxygen atoms in total. The van der Waals surface area contributed by atoms with E-state index in [9.17, 15) is 0 Å². The van der Waals surface area contributed by atoms with Gasteiger partial charge in [-0.1, -0.05) is 130 Å². The van der Waals surface area contributed by atoms with Crippen LogP contribution in [0.15, 0.2) is 144 Å². The zero-order chi connectivity index (χ0) is 30.1. The maximum absolute atomic E-state index is 6.41. The lowest BCUT2D eigenvalue weighted by atomic mass is 9.80. The normalized spacial score (nSPS) is 13.7. The van der Waals surface area contributed by atoms with Crippen LogP contribution in [0.3, 0.4) is 0 Å². The molecule has 43 heavy (non-hydrogen) atoms. The van der Waals surface area contributed by atoms with Crippen LogP contribution in [0, 0.1) is 0 Å². The highest BCUT2D eigenvalue weighted by Crippen LogP contribution is 2.46. The van der Waals surface area contributed by atoms with Gasteiger partial charge in [-0.15, -0.1) is 5.73 Å². The van der Waals surface area contributed by atoms with Gasteiger partial charge in [0, 0.05) is 22.1 Å². The molecule has 0 unspecified atom stereocenters. The van der Waals surface area contributed by atoms with E-state index in [-0.39, 0.29) is 5.41 Å². The average molecular weight is 577 g/mol. The molecule has 3 heteroatoms. The molecule has 4 N–H and O–H groups in total. The monoisotopic (exact) mass is 576 g/mol. The largest absolute Gasteiger partial charge is 0.401 e. The molecule has 0 saturated carbocycles. The van der Waals surface area contributed by atoms with Gasteiger partial charge in [0.2, 0.25) is 0 Å². The smallest absolute Gasteiger partial charge is 0.0581 e. The van der Waals surface area contributed by atoms with Crippen LogP contribution in [0.1, 0.15) is 44.4 Å². The molecule has 0 atom stereocenters. The number of allylic oxidation sites excluding steroid dienone is 4. The third-order valence-corrected chi connectivity index (χ3v) is 10.4. The van der Waals surface area contributed by atoms with Crippen molar-refractivity contribution in [2.75, 3.05) is 0 Å². The number of rotatable bonds is 6. The summed E-state index contributed by atoms with van der Waals surface area (Å²) in [6, 6.07) is 41.2. The van der Waals surface area contributed by atoms with E-state index in [2.05, 4.69) is 154 Å². The molecule has 6 rings (SSSR count). The summed E-state index contributed by atoms with van der Waals surface area (Å²) in [4.78, 5) is 0. The molecule has 0 spiro atoms. The van der Waals surface area contributed by atoms with Crippen molar-refractivity contribution in [1.82, 2.24) is 0 Å². The Morgan fingerprint density at radius 2 is 1.23 bits per heavy atom. The van der Waals surface area contributed by atoms with Crippen molar-refractivity contribution in [3.63, 3.8) is 0 Å². The first-order valence-electron chi connectivity index (χ1n) is 14.7. The Balaban J connectivity index is 1.50. The topological polar surface area (TPSA) is 52.0 Å². The van der Waals surface area contributed by atoms with Crippen molar-refractivity contribution < 1.29 is 0 Å². The van der Waals surface area contributed by atoms with Gasteiger partial charge in [0.1, 0.15) is 0 Å². The highest BCUT2D eigenvalue weighted by molar-refractivity contribution is 7.77. The number of fused-ring (bicyclic) bond motifs is 1. The van der Waals surface area contributed by atoms with Crippen LogP contribution >= 0.6 is 7.92 Å². The molecule has 0 aromatic heterocycles. The molecule has 0 fully saturated rings. The van der Waals surface area contributed by atoms with E-state index in [1.807, 2.05) is 6.92 Å². The molecule has 212 valence electrons. The van der Waals surface area contributed by atoms with E-state index in [4.69, 9.17) is 11.5 Å². The van der Waals surface area contributed by atoms with E-state index in [0.717, 1.165) is 21.9 Å². The van der Waals surface area contributed by atoms with Gasteiger partial charge in [-0.25, -0.2) is 0 Å². The minimum Gasteiger partial charge on any atom is -0.401 e. The summed E-state index contributed by atoms with van der Waals surface area (Å²) in [6.45, 7) is 8.71. The summed E-state index contributed by atoms with van der Waals surface area (Å²) in [5.41, 5.74) is 24.5. The van der Waals surface area contributed by atoms with Crippen LogP contribution < -0.4 is 22.1 Å². The van der Waals surface area contributed by atoms with Crippen molar-refractivity contribution in [1.29, 1.82) is 0 Å². The van der Waals surface area contributed by atoms with Crippen molar-refractivity contribution in [3.8, 4) is 11.1 Å². The van der Waals surface area contributed by atoms with Crippen LogP contribution in [0.5, 0.6) is 0 Å².